The Labute approximate surface area is 153 Å². The molecule has 2 aromatic rings. The van der Waals surface area contributed by atoms with Gasteiger partial charge in [0.1, 0.15) is 0 Å². The molecule has 0 aliphatic carbocycles. The lowest BCUT2D eigenvalue weighted by Gasteiger charge is -2.12. The summed E-state index contributed by atoms with van der Waals surface area (Å²) in [4.78, 5) is 23.9. The first-order valence-electron chi connectivity index (χ1n) is 7.21. The van der Waals surface area contributed by atoms with Crippen LogP contribution in [0.25, 0.3) is 0 Å². The Morgan fingerprint density at radius 2 is 1.88 bits per heavy atom. The van der Waals surface area contributed by atoms with Gasteiger partial charge in [0.05, 0.1) is 15.7 Å². The lowest BCUT2D eigenvalue weighted by atomic mass is 10.3. The van der Waals surface area contributed by atoms with Gasteiger partial charge in [-0.2, -0.15) is 5.10 Å². The fourth-order valence-electron chi connectivity index (χ4n) is 1.88. The zero-order chi connectivity index (χ0) is 17.7. The predicted molar refractivity (Wildman–Crippen MR) is 96.0 cm³/mol. The number of benzene rings is 1. The third kappa shape index (κ3) is 4.63. The monoisotopic (exact) mass is 388 g/mol. The van der Waals surface area contributed by atoms with Crippen molar-refractivity contribution in [3.05, 3.63) is 55.4 Å². The number of nitrogens with zero attached hydrogens (tertiary/aromatic N) is 2. The Kier molecular flexibility index (Phi) is 6.48. The molecule has 1 aromatic heterocycles. The number of rotatable bonds is 6. The lowest BCUT2D eigenvalue weighted by Crippen LogP contribution is -2.33. The molecule has 1 aromatic carbocycles. The third-order valence-electron chi connectivity index (χ3n) is 3.13. The molecule has 1 heterocycles. The number of hydrogen-bond acceptors (Lipinski definition) is 4. The fraction of sp³-hybridized carbons (Fsp3) is 0.267. The van der Waals surface area contributed by atoms with Crippen LogP contribution >= 0.6 is 34.8 Å². The number of carbonyl (C=O) groups is 1. The van der Waals surface area contributed by atoms with Gasteiger partial charge in [-0.1, -0.05) is 48.1 Å². The molecule has 0 atom stereocenters. The normalized spacial score (nSPS) is 10.5. The maximum absolute atomic E-state index is 12.2. The van der Waals surface area contributed by atoms with E-state index in [1.54, 1.807) is 0 Å². The van der Waals surface area contributed by atoms with E-state index in [0.29, 0.717) is 17.3 Å². The van der Waals surface area contributed by atoms with E-state index in [1.165, 1.54) is 28.9 Å². The van der Waals surface area contributed by atoms with Gasteiger partial charge in [0.25, 0.3) is 11.5 Å². The number of hydrazine groups is 1. The molecule has 9 heteroatoms. The molecule has 0 unspecified atom stereocenters. The highest BCUT2D eigenvalue weighted by Crippen LogP contribution is 2.33. The SMILES string of the molecule is CCCCn1nc(C(=O)NNc2c(Cl)cc(Cl)cc2Cl)ccc1=O. The minimum atomic E-state index is -0.526. The Morgan fingerprint density at radius 1 is 1.21 bits per heavy atom. The van der Waals surface area contributed by atoms with E-state index >= 15 is 0 Å². The van der Waals surface area contributed by atoms with Crippen molar-refractivity contribution >= 4 is 46.4 Å². The lowest BCUT2D eigenvalue weighted by molar-refractivity contribution is 0.0955. The van der Waals surface area contributed by atoms with Gasteiger partial charge in [-0.25, -0.2) is 4.68 Å². The molecule has 0 saturated heterocycles. The molecular formula is C15H15Cl3N4O2. The van der Waals surface area contributed by atoms with Crippen LogP contribution in [0.2, 0.25) is 15.1 Å². The second-order valence-corrected chi connectivity index (χ2v) is 6.21. The van der Waals surface area contributed by atoms with E-state index in [-0.39, 0.29) is 21.3 Å². The number of anilines is 1. The standard InChI is InChI=1S/C15H15Cl3N4O2/c1-2-3-6-22-13(23)5-4-12(21-22)15(24)20-19-14-10(17)7-9(16)8-11(14)18/h4-5,7-8,19H,2-3,6H2,1H3,(H,20,24). The van der Waals surface area contributed by atoms with Gasteiger partial charge in [0.2, 0.25) is 0 Å². The van der Waals surface area contributed by atoms with Crippen molar-refractivity contribution in [2.45, 2.75) is 26.3 Å². The molecule has 0 saturated carbocycles. The van der Waals surface area contributed by atoms with Crippen molar-refractivity contribution in [2.75, 3.05) is 5.43 Å². The maximum atomic E-state index is 12.2. The van der Waals surface area contributed by atoms with Crippen molar-refractivity contribution in [3.8, 4) is 0 Å². The van der Waals surface area contributed by atoms with Crippen LogP contribution in [0, 0.1) is 0 Å². The van der Waals surface area contributed by atoms with E-state index in [1.807, 2.05) is 6.92 Å². The number of aromatic nitrogens is 2. The van der Waals surface area contributed by atoms with E-state index < -0.39 is 5.91 Å². The number of unbranched alkanes of at least 4 members (excludes halogenated alkanes) is 1. The smallest absolute Gasteiger partial charge is 0.290 e. The van der Waals surface area contributed by atoms with E-state index in [4.69, 9.17) is 34.8 Å². The molecule has 1 amide bonds. The largest absolute Gasteiger partial charge is 0.295 e. The summed E-state index contributed by atoms with van der Waals surface area (Å²) in [5, 5.41) is 4.94. The van der Waals surface area contributed by atoms with E-state index in [0.717, 1.165) is 12.8 Å². The van der Waals surface area contributed by atoms with E-state index in [2.05, 4.69) is 16.0 Å². The number of nitrogens with one attached hydrogen (secondary N) is 2. The van der Waals surface area contributed by atoms with Gasteiger partial charge in [-0.15, -0.1) is 0 Å². The zero-order valence-electron chi connectivity index (χ0n) is 12.8. The molecule has 2 rings (SSSR count). The van der Waals surface area contributed by atoms with Crippen molar-refractivity contribution in [3.63, 3.8) is 0 Å². The highest BCUT2D eigenvalue weighted by Gasteiger charge is 2.12. The Morgan fingerprint density at radius 3 is 2.50 bits per heavy atom. The highest BCUT2D eigenvalue weighted by atomic mass is 35.5. The van der Waals surface area contributed by atoms with Gasteiger partial charge in [-0.3, -0.25) is 20.4 Å². The van der Waals surface area contributed by atoms with Gasteiger partial charge in [0, 0.05) is 17.6 Å². The van der Waals surface area contributed by atoms with Crippen molar-refractivity contribution in [1.29, 1.82) is 0 Å². The molecule has 24 heavy (non-hydrogen) atoms. The summed E-state index contributed by atoms with van der Waals surface area (Å²) in [7, 11) is 0. The topological polar surface area (TPSA) is 76.0 Å². The summed E-state index contributed by atoms with van der Waals surface area (Å²) in [6, 6.07) is 5.64. The van der Waals surface area contributed by atoms with Crippen molar-refractivity contribution in [1.82, 2.24) is 15.2 Å². The minimum absolute atomic E-state index is 0.0967. The molecule has 0 aliphatic heterocycles. The summed E-state index contributed by atoms with van der Waals surface area (Å²) >= 11 is 17.9. The van der Waals surface area contributed by atoms with E-state index in [9.17, 15) is 9.59 Å². The van der Waals surface area contributed by atoms with Crippen molar-refractivity contribution in [2.24, 2.45) is 0 Å². The van der Waals surface area contributed by atoms with Crippen LogP contribution in [0.5, 0.6) is 0 Å². The Balaban J connectivity index is 2.12. The highest BCUT2D eigenvalue weighted by molar-refractivity contribution is 6.41. The second kappa shape index (κ2) is 8.37. The van der Waals surface area contributed by atoms with Crippen LogP contribution in [0.3, 0.4) is 0 Å². The first-order chi connectivity index (χ1) is 11.4. The van der Waals surface area contributed by atoms with Gasteiger partial charge in [-0.05, 0) is 24.6 Å². The number of amides is 1. The van der Waals surface area contributed by atoms with Gasteiger partial charge >= 0.3 is 0 Å². The molecule has 0 radical (unpaired) electrons. The molecule has 0 aliphatic rings. The van der Waals surface area contributed by atoms with Crippen molar-refractivity contribution < 1.29 is 4.79 Å². The number of halogens is 3. The van der Waals surface area contributed by atoms with Crippen LogP contribution in [-0.2, 0) is 6.54 Å². The molecular weight excluding hydrogens is 375 g/mol. The van der Waals surface area contributed by atoms with Crippen LogP contribution in [0.4, 0.5) is 5.69 Å². The quantitative estimate of drug-likeness (QED) is 0.738. The second-order valence-electron chi connectivity index (χ2n) is 4.96. The van der Waals surface area contributed by atoms with Crippen LogP contribution in [0.1, 0.15) is 30.3 Å². The number of aryl methyl sites for hydroxylation is 1. The van der Waals surface area contributed by atoms with Crippen LogP contribution in [-0.4, -0.2) is 15.7 Å². The molecule has 2 N–H and O–H groups in total. The molecule has 0 spiro atoms. The minimum Gasteiger partial charge on any atom is -0.295 e. The summed E-state index contributed by atoms with van der Waals surface area (Å²) in [5.74, 6) is -0.526. The predicted octanol–water partition coefficient (Wildman–Crippen LogP) is 3.76. The average Bonchev–Trinajstić information content (AvgIpc) is 2.52. The van der Waals surface area contributed by atoms with Crippen LogP contribution in [0.15, 0.2) is 29.1 Å². The number of hydrogen-bond donors (Lipinski definition) is 2. The zero-order valence-corrected chi connectivity index (χ0v) is 15.0. The molecule has 0 fully saturated rings. The van der Waals surface area contributed by atoms with Gasteiger partial charge < -0.3 is 0 Å². The first-order valence-corrected chi connectivity index (χ1v) is 8.35. The summed E-state index contributed by atoms with van der Waals surface area (Å²) in [6.07, 6.45) is 1.71. The Hall–Kier alpha value is -1.76. The summed E-state index contributed by atoms with van der Waals surface area (Å²) < 4.78 is 1.26. The Bertz CT molecular complexity index is 785. The summed E-state index contributed by atoms with van der Waals surface area (Å²) in [6.45, 7) is 2.46. The average molecular weight is 390 g/mol. The first kappa shape index (κ1) is 18.6. The number of carbonyl (C=O) groups excluding carboxylic acids is 1. The summed E-state index contributed by atoms with van der Waals surface area (Å²) in [5.41, 5.74) is 5.23. The maximum Gasteiger partial charge on any atom is 0.290 e. The molecule has 128 valence electrons. The molecule has 0 bridgehead atoms. The molecule has 6 nitrogen and oxygen atoms in total. The van der Waals surface area contributed by atoms with Gasteiger partial charge in [0.15, 0.2) is 5.69 Å². The fourth-order valence-corrected chi connectivity index (χ4v) is 2.79. The third-order valence-corrected chi connectivity index (χ3v) is 3.95. The van der Waals surface area contributed by atoms with Crippen LogP contribution < -0.4 is 16.4 Å².